The van der Waals surface area contributed by atoms with Gasteiger partial charge in [-0.3, -0.25) is 76.9 Å². The Bertz CT molecular complexity index is 3200. The summed E-state index contributed by atoms with van der Waals surface area (Å²) in [5.41, 5.74) is 40.4. The van der Waals surface area contributed by atoms with Crippen molar-refractivity contribution in [2.75, 3.05) is 26.2 Å². The van der Waals surface area contributed by atoms with Crippen LogP contribution in [-0.4, -0.2) is 195 Å². The number of nitrogens with one attached hydrogen (secondary N) is 8. The second kappa shape index (κ2) is 54.3. The van der Waals surface area contributed by atoms with Crippen molar-refractivity contribution >= 4 is 93.8 Å². The number of aliphatic hydroxyl groups excluding tert-OH is 2. The van der Waals surface area contributed by atoms with Gasteiger partial charge in [0, 0.05) is 106 Å². The van der Waals surface area contributed by atoms with Crippen molar-refractivity contribution in [2.24, 2.45) is 104 Å². The highest BCUT2D eigenvalue weighted by Gasteiger charge is 2.41. The molecule has 0 spiro atoms. The molecule has 1 aromatic rings. The SMILES string of the molecule is CCC(=O)N[C@@H](Cc1cnc[nH]1)C(=O)C[C@@H](CCC(N)=O)C(=O)N[C@@H](CCCCN)C(=O)C[C@@H](CCCN=C(N)N)C(=O)N[C@@H](CCCCN)C(=O)C[C@@H](C)C(=O)N[C@@H](CC(C)C)C(=O)C[C@@H](CCCCN)C(=O)N[C@H](C(=O)C[C@H](C(=O)N[C@H](C(=O)C[C@H](C(=O)N[C@@H](CC(C)C)C(N)=O)[C@@H](C)CC)C(C)C)[C@@H](C)O)[C@@H](C)O. The molecule has 636 valence electrons. The van der Waals surface area contributed by atoms with E-state index in [1.54, 1.807) is 41.5 Å². The average molecular weight is 1590 g/mol. The highest BCUT2D eigenvalue weighted by molar-refractivity contribution is 6.00. The Hall–Kier alpha value is -8.47. The van der Waals surface area contributed by atoms with Gasteiger partial charge in [0.2, 0.25) is 53.2 Å². The van der Waals surface area contributed by atoms with Crippen LogP contribution in [0.15, 0.2) is 17.5 Å². The smallest absolute Gasteiger partial charge is 0.240 e. The number of nitrogens with two attached hydrogens (primary N) is 7. The first-order valence-electron chi connectivity index (χ1n) is 40.0. The fraction of sp³-hybridized carbons (Fsp3) is 0.756. The maximum atomic E-state index is 14.7. The van der Waals surface area contributed by atoms with Crippen LogP contribution in [0.1, 0.15) is 236 Å². The number of amides is 9. The van der Waals surface area contributed by atoms with Gasteiger partial charge in [-0.25, -0.2) is 4.98 Å². The van der Waals surface area contributed by atoms with Crippen LogP contribution >= 0.6 is 0 Å². The van der Waals surface area contributed by atoms with Crippen molar-refractivity contribution in [3.8, 4) is 0 Å². The largest absolute Gasteiger partial charge is 0.393 e. The molecule has 0 saturated heterocycles. The van der Waals surface area contributed by atoms with Crippen LogP contribution in [0.3, 0.4) is 0 Å². The summed E-state index contributed by atoms with van der Waals surface area (Å²) in [5.74, 6) is -18.5. The molecule has 0 aliphatic rings. The number of H-pyrrole nitrogens is 1. The number of ketones is 6. The molecule has 0 radical (unpaired) electrons. The Morgan fingerprint density at radius 3 is 1.35 bits per heavy atom. The first kappa shape index (κ1) is 102. The molecule has 0 aliphatic heterocycles. The van der Waals surface area contributed by atoms with Crippen LogP contribution in [0.2, 0.25) is 0 Å². The molecule has 0 saturated carbocycles. The Morgan fingerprint density at radius 1 is 0.455 bits per heavy atom. The maximum absolute atomic E-state index is 14.7. The number of carbonyl (C=O) groups excluding carboxylic acids is 15. The summed E-state index contributed by atoms with van der Waals surface area (Å²) in [6.07, 6.45) is -0.0804. The second-order valence-corrected chi connectivity index (χ2v) is 31.3. The van der Waals surface area contributed by atoms with Crippen molar-refractivity contribution in [1.29, 1.82) is 0 Å². The Kier molecular flexibility index (Phi) is 49.2. The van der Waals surface area contributed by atoms with Gasteiger partial charge in [0.05, 0.1) is 54.7 Å². The number of hydrogen-bond acceptors (Lipinski definition) is 22. The van der Waals surface area contributed by atoms with E-state index in [1.807, 2.05) is 20.8 Å². The molecule has 24 N–H and O–H groups in total. The van der Waals surface area contributed by atoms with Crippen molar-refractivity contribution in [1.82, 2.24) is 47.2 Å². The number of aromatic amines is 1. The van der Waals surface area contributed by atoms with E-state index in [4.69, 9.17) is 40.1 Å². The zero-order chi connectivity index (χ0) is 85.1. The number of guanidine groups is 1. The quantitative estimate of drug-likeness (QED) is 0.0245. The molecule has 16 atom stereocenters. The van der Waals surface area contributed by atoms with E-state index in [0.29, 0.717) is 50.6 Å². The summed E-state index contributed by atoms with van der Waals surface area (Å²) in [7, 11) is 0. The predicted molar refractivity (Wildman–Crippen MR) is 423 cm³/mol. The van der Waals surface area contributed by atoms with Crippen LogP contribution < -0.4 is 77.4 Å². The fourth-order valence-electron chi connectivity index (χ4n) is 13.1. The fourth-order valence-corrected chi connectivity index (χ4v) is 13.1. The number of imidazole rings is 1. The van der Waals surface area contributed by atoms with Crippen molar-refractivity contribution in [2.45, 2.75) is 292 Å². The molecule has 0 fully saturated rings. The molecule has 1 rings (SSSR count). The van der Waals surface area contributed by atoms with Crippen LogP contribution in [0, 0.1) is 59.2 Å². The number of aromatic nitrogens is 2. The lowest BCUT2D eigenvalue weighted by Gasteiger charge is -2.30. The van der Waals surface area contributed by atoms with Gasteiger partial charge in [-0.2, -0.15) is 0 Å². The second-order valence-electron chi connectivity index (χ2n) is 31.3. The summed E-state index contributed by atoms with van der Waals surface area (Å²) in [5, 5.41) is 41.1. The van der Waals surface area contributed by atoms with Gasteiger partial charge in [-0.15, -0.1) is 0 Å². The molecular formula is C78H137N17O17. The van der Waals surface area contributed by atoms with E-state index in [9.17, 15) is 82.1 Å². The normalized spacial score (nSPS) is 15.8. The molecule has 0 bridgehead atoms. The number of rotatable bonds is 63. The van der Waals surface area contributed by atoms with Gasteiger partial charge in [0.15, 0.2) is 40.7 Å². The number of Topliss-reactive ketones (excluding diaryl/α,β-unsaturated/α-hetero) is 6. The highest BCUT2D eigenvalue weighted by Crippen LogP contribution is 2.27. The lowest BCUT2D eigenvalue weighted by molar-refractivity contribution is -0.139. The van der Waals surface area contributed by atoms with E-state index >= 15 is 0 Å². The van der Waals surface area contributed by atoms with Crippen LogP contribution in [0.5, 0.6) is 0 Å². The first-order valence-corrected chi connectivity index (χ1v) is 40.0. The molecule has 1 heterocycles. The lowest BCUT2D eigenvalue weighted by atomic mass is 9.83. The standard InChI is InChI=1S/C78H137N17O17/c1-13-46(9)54(76(111)93-60(71(83)106)33-44(5)6)39-65(102)69(45(7)8)94-77(112)55(48(11)96)40-66(103)70(49(12)97)95-75(110)50(22-15-18-28-79)36-63(100)58(32-43(3)4)92-72(107)47(10)34-61(98)56(24-16-19-29-80)90-73(108)51(23-21-31-87-78(84)85)35-62(99)57(25-17-20-30-81)91-74(109)52(26-27-67(82)104)37-64(101)59(89-68(105)14-2)38-53-41-86-42-88-53/h41-52,54-60,69-70,96-97H,13-40,79-81H2,1-12H3,(H2,82,104)(H2,83,106)(H,86,88)(H,89,105)(H,90,108)(H,91,109)(H,92,107)(H,93,111)(H,94,112)(H,95,110)(H4,84,85,87)/t46-,47+,48+,49+,50+,51+,52+,54-,55-,56-,57-,58-,59-,60-,69-,70-/m0/s1. The third-order valence-corrected chi connectivity index (χ3v) is 20.1. The van der Waals surface area contributed by atoms with Gasteiger partial charge < -0.3 is 92.6 Å². The lowest BCUT2D eigenvalue weighted by Crippen LogP contribution is -2.53. The summed E-state index contributed by atoms with van der Waals surface area (Å²) in [6, 6.07) is -8.65. The zero-order valence-corrected chi connectivity index (χ0v) is 68.4. The number of hydrogen-bond donors (Lipinski definition) is 17. The summed E-state index contributed by atoms with van der Waals surface area (Å²) in [4.78, 5) is 220. The van der Waals surface area contributed by atoms with Crippen molar-refractivity contribution in [3.05, 3.63) is 18.2 Å². The summed E-state index contributed by atoms with van der Waals surface area (Å²) >= 11 is 0. The Labute approximate surface area is 660 Å². The van der Waals surface area contributed by atoms with Crippen LogP contribution in [-0.2, 0) is 78.3 Å². The molecule has 34 heteroatoms. The molecule has 112 heavy (non-hydrogen) atoms. The van der Waals surface area contributed by atoms with Gasteiger partial charge in [-0.1, -0.05) is 82.1 Å². The molecule has 9 amide bonds. The number of carbonyl (C=O) groups is 15. The molecule has 0 aromatic carbocycles. The van der Waals surface area contributed by atoms with Gasteiger partial charge >= 0.3 is 0 Å². The molecule has 34 nitrogen and oxygen atoms in total. The molecule has 0 aliphatic carbocycles. The number of primary amides is 2. The number of aliphatic hydroxyl groups is 2. The third kappa shape index (κ3) is 39.3. The number of aliphatic imine (C=N–C) groups is 1. The van der Waals surface area contributed by atoms with Crippen LogP contribution in [0.4, 0.5) is 0 Å². The summed E-state index contributed by atoms with van der Waals surface area (Å²) < 4.78 is 0. The minimum Gasteiger partial charge on any atom is -0.393 e. The van der Waals surface area contributed by atoms with E-state index in [0.717, 1.165) is 0 Å². The van der Waals surface area contributed by atoms with Crippen molar-refractivity contribution in [3.63, 3.8) is 0 Å². The van der Waals surface area contributed by atoms with Gasteiger partial charge in [0.25, 0.3) is 0 Å². The van der Waals surface area contributed by atoms with Gasteiger partial charge in [0.1, 0.15) is 12.1 Å². The number of unbranched alkanes of at least 4 members (excludes halogenated alkanes) is 3. The van der Waals surface area contributed by atoms with E-state index in [1.165, 1.54) is 33.3 Å². The van der Waals surface area contributed by atoms with Crippen molar-refractivity contribution < 1.29 is 82.1 Å². The average Bonchev–Trinajstić information content (AvgIpc) is 0.902. The van der Waals surface area contributed by atoms with E-state index in [-0.39, 0.29) is 127 Å². The zero-order valence-electron chi connectivity index (χ0n) is 68.4. The Balaban J connectivity index is 3.61. The van der Waals surface area contributed by atoms with Gasteiger partial charge in [-0.05, 0) is 141 Å². The minimum atomic E-state index is -1.68. The first-order chi connectivity index (χ1) is 52.7. The molecular weight excluding hydrogens is 1450 g/mol. The molecule has 0 unspecified atom stereocenters. The molecule has 1 aromatic heterocycles. The van der Waals surface area contributed by atoms with E-state index in [2.05, 4.69) is 52.2 Å². The summed E-state index contributed by atoms with van der Waals surface area (Å²) in [6.45, 7) is 20.5. The van der Waals surface area contributed by atoms with E-state index < -0.39 is 216 Å². The number of nitrogens with zero attached hydrogens (tertiary/aromatic N) is 2. The maximum Gasteiger partial charge on any atom is 0.240 e. The minimum absolute atomic E-state index is 0.00110. The third-order valence-electron chi connectivity index (χ3n) is 20.1. The van der Waals surface area contributed by atoms with Crippen LogP contribution in [0.25, 0.3) is 0 Å². The Morgan fingerprint density at radius 2 is 0.893 bits per heavy atom. The monoisotopic (exact) mass is 1580 g/mol. The highest BCUT2D eigenvalue weighted by atomic mass is 16.3. The topological polar surface area (TPSA) is 604 Å². The predicted octanol–water partition coefficient (Wildman–Crippen LogP) is 0.975.